The summed E-state index contributed by atoms with van der Waals surface area (Å²) in [6.45, 7) is 2.84. The molecule has 0 radical (unpaired) electrons. The number of anilines is 1. The number of nitrogens with one attached hydrogen (secondary N) is 2. The lowest BCUT2D eigenvalue weighted by Crippen LogP contribution is -2.46. The number of likely N-dealkylation sites (tertiary alicyclic amines) is 1. The number of piperidine rings is 1. The SMILES string of the molecule is O=C(Nc1ccc(F)cc1)NC1CCN(CCCc2nnnn2-c2ccccc2)CC1. The Bertz CT molecular complexity index is 969. The van der Waals surface area contributed by atoms with Gasteiger partial charge in [0.2, 0.25) is 0 Å². The molecule has 1 saturated heterocycles. The van der Waals surface area contributed by atoms with Gasteiger partial charge in [0.05, 0.1) is 5.69 Å². The van der Waals surface area contributed by atoms with Gasteiger partial charge in [-0.2, -0.15) is 4.68 Å². The van der Waals surface area contributed by atoms with E-state index in [4.69, 9.17) is 0 Å². The predicted octanol–water partition coefficient (Wildman–Crippen LogP) is 3.02. The maximum absolute atomic E-state index is 13.0. The highest BCUT2D eigenvalue weighted by Gasteiger charge is 2.20. The molecule has 1 aliphatic rings. The van der Waals surface area contributed by atoms with E-state index in [1.54, 1.807) is 16.8 Å². The summed E-state index contributed by atoms with van der Waals surface area (Å²) < 4.78 is 14.7. The fourth-order valence-corrected chi connectivity index (χ4v) is 3.78. The van der Waals surface area contributed by atoms with E-state index in [9.17, 15) is 9.18 Å². The van der Waals surface area contributed by atoms with Gasteiger partial charge in [0.1, 0.15) is 5.82 Å². The second-order valence-electron chi connectivity index (χ2n) is 7.67. The largest absolute Gasteiger partial charge is 0.335 e. The lowest BCUT2D eigenvalue weighted by molar-refractivity contribution is 0.194. The van der Waals surface area contributed by atoms with Crippen molar-refractivity contribution in [2.75, 3.05) is 25.0 Å². The summed E-state index contributed by atoms with van der Waals surface area (Å²) in [5, 5.41) is 17.8. The van der Waals surface area contributed by atoms with E-state index < -0.39 is 0 Å². The third-order valence-electron chi connectivity index (χ3n) is 5.43. The molecule has 1 aliphatic heterocycles. The summed E-state index contributed by atoms with van der Waals surface area (Å²) in [5.41, 5.74) is 1.54. The Balaban J connectivity index is 1.17. The van der Waals surface area contributed by atoms with Gasteiger partial charge in [-0.15, -0.1) is 5.10 Å². The van der Waals surface area contributed by atoms with Crippen molar-refractivity contribution in [3.8, 4) is 5.69 Å². The Kier molecular flexibility index (Phi) is 6.83. The first-order valence-corrected chi connectivity index (χ1v) is 10.6. The van der Waals surface area contributed by atoms with E-state index in [-0.39, 0.29) is 17.9 Å². The number of halogens is 1. The van der Waals surface area contributed by atoms with Crippen LogP contribution in [0.15, 0.2) is 54.6 Å². The smallest absolute Gasteiger partial charge is 0.319 e. The number of hydrogen-bond acceptors (Lipinski definition) is 5. The molecule has 0 atom stereocenters. The number of tetrazole rings is 1. The highest BCUT2D eigenvalue weighted by Crippen LogP contribution is 2.14. The number of nitrogens with zero attached hydrogens (tertiary/aromatic N) is 5. The van der Waals surface area contributed by atoms with Gasteiger partial charge in [-0.25, -0.2) is 9.18 Å². The first-order valence-electron chi connectivity index (χ1n) is 10.6. The first-order chi connectivity index (χ1) is 15.2. The highest BCUT2D eigenvalue weighted by atomic mass is 19.1. The standard InChI is InChI=1S/C22H26FN7O/c23-17-8-10-18(11-9-17)24-22(31)25-19-12-15-29(16-13-19)14-4-7-21-26-27-28-30(21)20-5-2-1-3-6-20/h1-3,5-6,8-11,19H,4,7,12-16H2,(H2,24,25,31). The number of carbonyl (C=O) groups excluding carboxylic acids is 1. The molecule has 0 saturated carbocycles. The second kappa shape index (κ2) is 10.1. The van der Waals surface area contributed by atoms with Gasteiger partial charge in [0, 0.05) is 31.2 Å². The van der Waals surface area contributed by atoms with Crippen LogP contribution >= 0.6 is 0 Å². The van der Waals surface area contributed by atoms with Gasteiger partial charge in [0.15, 0.2) is 5.82 Å². The number of amides is 2. The van der Waals surface area contributed by atoms with Crippen molar-refractivity contribution in [1.29, 1.82) is 0 Å². The summed E-state index contributed by atoms with van der Waals surface area (Å²) in [5.74, 6) is 0.537. The molecule has 2 heterocycles. The number of aromatic nitrogens is 4. The molecule has 0 unspecified atom stereocenters. The molecule has 0 aliphatic carbocycles. The summed E-state index contributed by atoms with van der Waals surface area (Å²) in [6.07, 6.45) is 3.58. The van der Waals surface area contributed by atoms with E-state index in [1.165, 1.54) is 12.1 Å². The van der Waals surface area contributed by atoms with Gasteiger partial charge >= 0.3 is 6.03 Å². The normalized spacial score (nSPS) is 15.0. The molecule has 9 heteroatoms. The summed E-state index contributed by atoms with van der Waals surface area (Å²) in [7, 11) is 0. The van der Waals surface area contributed by atoms with Crippen molar-refractivity contribution in [3.05, 3.63) is 66.2 Å². The molecule has 4 rings (SSSR count). The summed E-state index contributed by atoms with van der Waals surface area (Å²) in [4.78, 5) is 14.6. The van der Waals surface area contributed by atoms with Crippen molar-refractivity contribution in [3.63, 3.8) is 0 Å². The van der Waals surface area contributed by atoms with E-state index >= 15 is 0 Å². The van der Waals surface area contributed by atoms with Crippen LogP contribution in [0.25, 0.3) is 5.69 Å². The minimum absolute atomic E-state index is 0.141. The lowest BCUT2D eigenvalue weighted by atomic mass is 10.0. The number of carbonyl (C=O) groups is 1. The van der Waals surface area contributed by atoms with Gasteiger partial charge in [-0.3, -0.25) is 0 Å². The molecule has 3 aromatic rings. The van der Waals surface area contributed by atoms with Crippen LogP contribution in [0.5, 0.6) is 0 Å². The number of urea groups is 1. The fourth-order valence-electron chi connectivity index (χ4n) is 3.78. The van der Waals surface area contributed by atoms with Crippen molar-refractivity contribution in [1.82, 2.24) is 30.4 Å². The van der Waals surface area contributed by atoms with E-state index in [2.05, 4.69) is 31.1 Å². The highest BCUT2D eigenvalue weighted by molar-refractivity contribution is 5.89. The van der Waals surface area contributed by atoms with Gasteiger partial charge in [-0.1, -0.05) is 18.2 Å². The van der Waals surface area contributed by atoms with E-state index in [0.29, 0.717) is 5.69 Å². The molecule has 1 fully saturated rings. The van der Waals surface area contributed by atoms with Crippen LogP contribution in [0.3, 0.4) is 0 Å². The zero-order valence-corrected chi connectivity index (χ0v) is 17.2. The zero-order chi connectivity index (χ0) is 21.5. The average Bonchev–Trinajstić information content (AvgIpc) is 3.26. The van der Waals surface area contributed by atoms with Crippen LogP contribution in [0.4, 0.5) is 14.9 Å². The van der Waals surface area contributed by atoms with Crippen LogP contribution in [0, 0.1) is 5.82 Å². The molecule has 2 N–H and O–H groups in total. The van der Waals surface area contributed by atoms with Crippen LogP contribution in [-0.2, 0) is 6.42 Å². The molecule has 2 aromatic carbocycles. The Morgan fingerprint density at radius 2 is 1.81 bits per heavy atom. The monoisotopic (exact) mass is 423 g/mol. The quantitative estimate of drug-likeness (QED) is 0.610. The number of para-hydroxylation sites is 1. The molecular weight excluding hydrogens is 397 g/mol. The zero-order valence-electron chi connectivity index (χ0n) is 17.2. The third-order valence-corrected chi connectivity index (χ3v) is 5.43. The molecule has 8 nitrogen and oxygen atoms in total. The van der Waals surface area contributed by atoms with Crippen LogP contribution in [-0.4, -0.2) is 56.8 Å². The topological polar surface area (TPSA) is 88.0 Å². The van der Waals surface area contributed by atoms with Crippen molar-refractivity contribution < 1.29 is 9.18 Å². The first kappa shape index (κ1) is 20.9. The number of hydrogen-bond donors (Lipinski definition) is 2. The van der Waals surface area contributed by atoms with Gasteiger partial charge in [0.25, 0.3) is 0 Å². The minimum atomic E-state index is -0.324. The van der Waals surface area contributed by atoms with Crippen molar-refractivity contribution in [2.45, 2.75) is 31.7 Å². The molecular formula is C22H26FN7O. The summed E-state index contributed by atoms with van der Waals surface area (Å²) in [6, 6.07) is 15.5. The Morgan fingerprint density at radius 1 is 1.06 bits per heavy atom. The third kappa shape index (κ3) is 5.85. The average molecular weight is 423 g/mol. The van der Waals surface area contributed by atoms with E-state index in [1.807, 2.05) is 30.3 Å². The van der Waals surface area contributed by atoms with Gasteiger partial charge in [-0.05, 0) is 72.6 Å². The lowest BCUT2D eigenvalue weighted by Gasteiger charge is -2.32. The summed E-state index contributed by atoms with van der Waals surface area (Å²) >= 11 is 0. The number of aryl methyl sites for hydroxylation is 1. The van der Waals surface area contributed by atoms with Crippen LogP contribution in [0.1, 0.15) is 25.1 Å². The minimum Gasteiger partial charge on any atom is -0.335 e. The van der Waals surface area contributed by atoms with Crippen molar-refractivity contribution >= 4 is 11.7 Å². The van der Waals surface area contributed by atoms with E-state index in [0.717, 1.165) is 56.8 Å². The molecule has 1 aromatic heterocycles. The predicted molar refractivity (Wildman–Crippen MR) is 115 cm³/mol. The van der Waals surface area contributed by atoms with Crippen LogP contribution in [0.2, 0.25) is 0 Å². The maximum Gasteiger partial charge on any atom is 0.319 e. The number of rotatable bonds is 7. The Hall–Kier alpha value is -3.33. The van der Waals surface area contributed by atoms with Crippen LogP contribution < -0.4 is 10.6 Å². The molecule has 31 heavy (non-hydrogen) atoms. The molecule has 0 bridgehead atoms. The van der Waals surface area contributed by atoms with Gasteiger partial charge < -0.3 is 15.5 Å². The molecule has 2 amide bonds. The molecule has 162 valence electrons. The Labute approximate surface area is 180 Å². The Morgan fingerprint density at radius 3 is 2.55 bits per heavy atom. The molecule has 0 spiro atoms. The maximum atomic E-state index is 13.0. The fraction of sp³-hybridized carbons (Fsp3) is 0.364. The second-order valence-corrected chi connectivity index (χ2v) is 7.67. The number of benzene rings is 2. The van der Waals surface area contributed by atoms with Crippen molar-refractivity contribution in [2.24, 2.45) is 0 Å².